The van der Waals surface area contributed by atoms with Crippen LogP contribution in [0.1, 0.15) is 31.4 Å². The number of rotatable bonds is 8. The van der Waals surface area contributed by atoms with Crippen molar-refractivity contribution < 1.29 is 9.90 Å². The van der Waals surface area contributed by atoms with Gasteiger partial charge in [-0.2, -0.15) is 0 Å². The second kappa shape index (κ2) is 7.43. The molecule has 0 bridgehead atoms. The number of carbonyl (C=O) groups is 1. The lowest BCUT2D eigenvalue weighted by atomic mass is 10.2. The van der Waals surface area contributed by atoms with E-state index in [0.717, 1.165) is 18.5 Å². The van der Waals surface area contributed by atoms with E-state index in [4.69, 9.17) is 10.8 Å². The van der Waals surface area contributed by atoms with Crippen LogP contribution in [0.25, 0.3) is 0 Å². The number of aliphatic carboxylic acids is 1. The van der Waals surface area contributed by atoms with Gasteiger partial charge in [-0.25, -0.2) is 4.98 Å². The Balaban J connectivity index is 2.09. The summed E-state index contributed by atoms with van der Waals surface area (Å²) in [5.41, 5.74) is 6.74. The maximum atomic E-state index is 10.3. The lowest BCUT2D eigenvalue weighted by Crippen LogP contribution is -2.13. The van der Waals surface area contributed by atoms with Crippen LogP contribution in [0.5, 0.6) is 0 Å². The number of nitrogens with two attached hydrogens (primary N) is 1. The van der Waals surface area contributed by atoms with Crippen molar-refractivity contribution in [1.29, 1.82) is 0 Å². The summed E-state index contributed by atoms with van der Waals surface area (Å²) >= 11 is 0. The molecule has 1 heterocycles. The summed E-state index contributed by atoms with van der Waals surface area (Å²) in [4.78, 5) is 21.4. The van der Waals surface area contributed by atoms with E-state index in [0.29, 0.717) is 25.2 Å². The third kappa shape index (κ3) is 6.34. The largest absolute Gasteiger partial charge is 0.481 e. The number of nitrogens with zero attached hydrogens (tertiary/aromatic N) is 2. The second-order valence-corrected chi connectivity index (χ2v) is 3.80. The first kappa shape index (κ1) is 13.2. The number of carboxylic acids is 1. The molecular weight excluding hydrogens is 220 g/mol. The molecule has 6 heteroatoms. The van der Waals surface area contributed by atoms with E-state index < -0.39 is 5.97 Å². The molecule has 0 atom stereocenters. The van der Waals surface area contributed by atoms with Crippen molar-refractivity contribution in [1.82, 2.24) is 9.97 Å². The number of aryl methyl sites for hydroxylation is 1. The minimum Gasteiger partial charge on any atom is -0.481 e. The van der Waals surface area contributed by atoms with Gasteiger partial charge in [0.1, 0.15) is 0 Å². The highest BCUT2D eigenvalue weighted by Gasteiger charge is 1.99. The van der Waals surface area contributed by atoms with Crippen LogP contribution in [-0.4, -0.2) is 33.4 Å². The average Bonchev–Trinajstić information content (AvgIpc) is 2.76. The molecule has 1 rings (SSSR count). The molecule has 0 amide bonds. The summed E-state index contributed by atoms with van der Waals surface area (Å²) in [7, 11) is 0. The van der Waals surface area contributed by atoms with Crippen molar-refractivity contribution in [2.24, 2.45) is 10.7 Å². The number of aliphatic imine (C=N–C) groups is 1. The number of H-pyrrole nitrogens is 1. The van der Waals surface area contributed by atoms with Crippen LogP contribution in [0.2, 0.25) is 0 Å². The number of carboxylic acid groups (broad SMARTS) is 1. The number of imidazole rings is 1. The number of aromatic amines is 1. The Morgan fingerprint density at radius 2 is 2.29 bits per heavy atom. The van der Waals surface area contributed by atoms with E-state index in [1.54, 1.807) is 12.5 Å². The Morgan fingerprint density at radius 3 is 2.94 bits per heavy atom. The normalized spacial score (nSPS) is 11.6. The first-order valence-corrected chi connectivity index (χ1v) is 5.66. The van der Waals surface area contributed by atoms with E-state index in [1.807, 2.05) is 0 Å². The number of nitrogens with one attached hydrogen (secondary N) is 1. The van der Waals surface area contributed by atoms with Crippen molar-refractivity contribution in [3.8, 4) is 0 Å². The molecule has 0 fully saturated rings. The van der Waals surface area contributed by atoms with Crippen LogP contribution in [0.4, 0.5) is 0 Å². The van der Waals surface area contributed by atoms with E-state index in [-0.39, 0.29) is 6.42 Å². The first-order chi connectivity index (χ1) is 8.18. The van der Waals surface area contributed by atoms with Gasteiger partial charge in [0.05, 0.1) is 12.2 Å². The van der Waals surface area contributed by atoms with Gasteiger partial charge < -0.3 is 15.8 Å². The second-order valence-electron chi connectivity index (χ2n) is 3.80. The standard InChI is InChI=1S/C11H18N4O2/c12-10(4-1-5-11(16)17)14-6-2-3-9-7-13-8-15-9/h7-8H,1-6H2,(H2,12,14)(H,13,15)(H,16,17). The molecule has 0 saturated heterocycles. The number of amidine groups is 1. The topological polar surface area (TPSA) is 104 Å². The molecule has 94 valence electrons. The molecule has 0 radical (unpaired) electrons. The maximum Gasteiger partial charge on any atom is 0.303 e. The van der Waals surface area contributed by atoms with Gasteiger partial charge in [0.15, 0.2) is 0 Å². The van der Waals surface area contributed by atoms with Crippen LogP contribution in [0.15, 0.2) is 17.5 Å². The highest BCUT2D eigenvalue weighted by atomic mass is 16.4. The number of hydrogen-bond donors (Lipinski definition) is 3. The molecule has 0 saturated carbocycles. The van der Waals surface area contributed by atoms with Gasteiger partial charge in [0.25, 0.3) is 0 Å². The molecule has 0 aliphatic rings. The molecule has 4 N–H and O–H groups in total. The zero-order valence-electron chi connectivity index (χ0n) is 9.72. The predicted molar refractivity (Wildman–Crippen MR) is 64.9 cm³/mol. The fraction of sp³-hybridized carbons (Fsp3) is 0.545. The summed E-state index contributed by atoms with van der Waals surface area (Å²) in [5.74, 6) is -0.257. The Kier molecular flexibility index (Phi) is 5.77. The van der Waals surface area contributed by atoms with E-state index in [2.05, 4.69) is 15.0 Å². The first-order valence-electron chi connectivity index (χ1n) is 5.66. The third-order valence-electron chi connectivity index (χ3n) is 2.30. The lowest BCUT2D eigenvalue weighted by molar-refractivity contribution is -0.137. The Bertz CT molecular complexity index is 360. The highest BCUT2D eigenvalue weighted by Crippen LogP contribution is 1.99. The van der Waals surface area contributed by atoms with E-state index >= 15 is 0 Å². The summed E-state index contributed by atoms with van der Waals surface area (Å²) in [5, 5.41) is 8.46. The molecule has 1 aromatic heterocycles. The molecule has 0 spiro atoms. The van der Waals surface area contributed by atoms with Crippen LogP contribution in [-0.2, 0) is 11.2 Å². The number of aromatic nitrogens is 2. The molecular formula is C11H18N4O2. The van der Waals surface area contributed by atoms with Crippen LogP contribution in [0, 0.1) is 0 Å². The summed E-state index contributed by atoms with van der Waals surface area (Å²) in [6.45, 7) is 0.665. The lowest BCUT2D eigenvalue weighted by Gasteiger charge is -1.99. The van der Waals surface area contributed by atoms with E-state index in [9.17, 15) is 4.79 Å². The number of hydrogen-bond acceptors (Lipinski definition) is 3. The minimum atomic E-state index is -0.794. The Labute approximate surface area is 100.0 Å². The molecule has 1 aromatic rings. The molecule has 17 heavy (non-hydrogen) atoms. The van der Waals surface area contributed by atoms with Gasteiger partial charge in [-0.3, -0.25) is 9.79 Å². The zero-order chi connectivity index (χ0) is 12.5. The Hall–Kier alpha value is -1.85. The van der Waals surface area contributed by atoms with Gasteiger partial charge in [-0.05, 0) is 19.3 Å². The van der Waals surface area contributed by atoms with Crippen molar-refractivity contribution >= 4 is 11.8 Å². The third-order valence-corrected chi connectivity index (χ3v) is 2.30. The summed E-state index contributed by atoms with van der Waals surface area (Å²) < 4.78 is 0. The van der Waals surface area contributed by atoms with E-state index in [1.165, 1.54) is 0 Å². The fourth-order valence-corrected chi connectivity index (χ4v) is 1.41. The van der Waals surface area contributed by atoms with Crippen molar-refractivity contribution in [2.45, 2.75) is 32.1 Å². The van der Waals surface area contributed by atoms with Crippen molar-refractivity contribution in [3.05, 3.63) is 18.2 Å². The average molecular weight is 238 g/mol. The van der Waals surface area contributed by atoms with Gasteiger partial charge in [-0.1, -0.05) is 0 Å². The molecule has 0 aromatic carbocycles. The maximum absolute atomic E-state index is 10.3. The van der Waals surface area contributed by atoms with Crippen LogP contribution in [0.3, 0.4) is 0 Å². The van der Waals surface area contributed by atoms with Crippen LogP contribution >= 0.6 is 0 Å². The summed E-state index contributed by atoms with van der Waals surface area (Å²) in [6, 6.07) is 0. The van der Waals surface area contributed by atoms with Gasteiger partial charge in [0.2, 0.25) is 0 Å². The van der Waals surface area contributed by atoms with Gasteiger partial charge >= 0.3 is 5.97 Å². The molecule has 0 unspecified atom stereocenters. The molecule has 0 aliphatic carbocycles. The fourth-order valence-electron chi connectivity index (χ4n) is 1.41. The summed E-state index contributed by atoms with van der Waals surface area (Å²) in [6.07, 6.45) is 6.48. The zero-order valence-corrected chi connectivity index (χ0v) is 9.72. The monoisotopic (exact) mass is 238 g/mol. The van der Waals surface area contributed by atoms with Crippen molar-refractivity contribution in [3.63, 3.8) is 0 Å². The van der Waals surface area contributed by atoms with Gasteiger partial charge in [0, 0.05) is 31.3 Å². The predicted octanol–water partition coefficient (Wildman–Crippen LogP) is 0.954. The Morgan fingerprint density at radius 1 is 1.47 bits per heavy atom. The minimum absolute atomic E-state index is 0.143. The smallest absolute Gasteiger partial charge is 0.303 e. The van der Waals surface area contributed by atoms with Crippen molar-refractivity contribution in [2.75, 3.05) is 6.54 Å². The molecule has 0 aliphatic heterocycles. The SMILES string of the molecule is NC(CCCC(=O)O)=NCCCc1cnc[nH]1. The van der Waals surface area contributed by atoms with Gasteiger partial charge in [-0.15, -0.1) is 0 Å². The molecule has 6 nitrogen and oxygen atoms in total. The van der Waals surface area contributed by atoms with Crippen LogP contribution < -0.4 is 5.73 Å². The quantitative estimate of drug-likeness (QED) is 0.356. The highest BCUT2D eigenvalue weighted by molar-refractivity contribution is 5.80.